The molecule has 0 spiro atoms. The van der Waals surface area contributed by atoms with Gasteiger partial charge in [-0.05, 0) is 67.6 Å². The largest absolute Gasteiger partial charge is 0.496 e. The molecule has 1 aromatic heterocycles. The van der Waals surface area contributed by atoms with Crippen LogP contribution in [0.3, 0.4) is 0 Å². The van der Waals surface area contributed by atoms with E-state index in [0.29, 0.717) is 17.1 Å². The molecular weight excluding hydrogens is 396 g/mol. The third-order valence-corrected chi connectivity index (χ3v) is 5.79. The SMILES string of the molecule is CCCCc1c(-c2ccc(OC)c(C)c2)c(C(N)=O)c(C)n1Cc1cccc(Cl)c1. The lowest BCUT2D eigenvalue weighted by molar-refractivity contribution is 0.1000. The second-order valence-electron chi connectivity index (χ2n) is 7.65. The van der Waals surface area contributed by atoms with Gasteiger partial charge in [0.15, 0.2) is 0 Å². The lowest BCUT2D eigenvalue weighted by Gasteiger charge is -2.14. The second-order valence-corrected chi connectivity index (χ2v) is 8.09. The maximum atomic E-state index is 12.5. The lowest BCUT2D eigenvalue weighted by Crippen LogP contribution is -2.13. The van der Waals surface area contributed by atoms with Gasteiger partial charge in [-0.3, -0.25) is 4.79 Å². The van der Waals surface area contributed by atoms with Crippen LogP contribution in [0.2, 0.25) is 5.02 Å². The first kappa shape index (κ1) is 22.0. The Kier molecular flexibility index (Phi) is 6.88. The van der Waals surface area contributed by atoms with Crippen molar-refractivity contribution in [3.05, 3.63) is 75.6 Å². The summed E-state index contributed by atoms with van der Waals surface area (Å²) in [5.74, 6) is 0.420. The molecule has 158 valence electrons. The Morgan fingerprint density at radius 1 is 1.17 bits per heavy atom. The number of rotatable bonds is 8. The van der Waals surface area contributed by atoms with Gasteiger partial charge in [0.25, 0.3) is 5.91 Å². The number of carbonyl (C=O) groups excluding carboxylic acids is 1. The molecular formula is C25H29ClN2O2. The van der Waals surface area contributed by atoms with E-state index in [4.69, 9.17) is 22.1 Å². The smallest absolute Gasteiger partial charge is 0.251 e. The van der Waals surface area contributed by atoms with Gasteiger partial charge >= 0.3 is 0 Å². The van der Waals surface area contributed by atoms with E-state index < -0.39 is 5.91 Å². The minimum Gasteiger partial charge on any atom is -0.496 e. The average molecular weight is 425 g/mol. The van der Waals surface area contributed by atoms with Crippen LogP contribution in [0.1, 0.15) is 52.6 Å². The molecule has 0 radical (unpaired) electrons. The summed E-state index contributed by atoms with van der Waals surface area (Å²) in [5.41, 5.74) is 12.5. The van der Waals surface area contributed by atoms with Crippen molar-refractivity contribution < 1.29 is 9.53 Å². The molecule has 0 saturated heterocycles. The van der Waals surface area contributed by atoms with Crippen LogP contribution in [-0.2, 0) is 13.0 Å². The van der Waals surface area contributed by atoms with Gasteiger partial charge in [-0.25, -0.2) is 0 Å². The van der Waals surface area contributed by atoms with E-state index in [1.54, 1.807) is 7.11 Å². The highest BCUT2D eigenvalue weighted by molar-refractivity contribution is 6.30. The molecule has 0 fully saturated rings. The third kappa shape index (κ3) is 4.39. The van der Waals surface area contributed by atoms with Crippen LogP contribution in [0, 0.1) is 13.8 Å². The fourth-order valence-corrected chi connectivity index (χ4v) is 4.29. The van der Waals surface area contributed by atoms with Crippen molar-refractivity contribution in [3.63, 3.8) is 0 Å². The monoisotopic (exact) mass is 424 g/mol. The molecule has 2 aromatic carbocycles. The number of nitrogens with zero attached hydrogens (tertiary/aromatic N) is 1. The van der Waals surface area contributed by atoms with Crippen LogP contribution in [-0.4, -0.2) is 17.6 Å². The molecule has 0 saturated carbocycles. The van der Waals surface area contributed by atoms with E-state index in [2.05, 4.69) is 23.6 Å². The van der Waals surface area contributed by atoms with Crippen molar-refractivity contribution in [2.24, 2.45) is 5.73 Å². The topological polar surface area (TPSA) is 57.2 Å². The summed E-state index contributed by atoms with van der Waals surface area (Å²) < 4.78 is 7.64. The first-order valence-electron chi connectivity index (χ1n) is 10.3. The van der Waals surface area contributed by atoms with Crippen molar-refractivity contribution in [3.8, 4) is 16.9 Å². The zero-order valence-electron chi connectivity index (χ0n) is 18.1. The molecule has 0 aliphatic carbocycles. The Morgan fingerprint density at radius 3 is 2.53 bits per heavy atom. The van der Waals surface area contributed by atoms with Crippen molar-refractivity contribution >= 4 is 17.5 Å². The highest BCUT2D eigenvalue weighted by Crippen LogP contribution is 2.36. The minimum atomic E-state index is -0.404. The molecule has 0 bridgehead atoms. The molecule has 30 heavy (non-hydrogen) atoms. The Morgan fingerprint density at radius 2 is 1.93 bits per heavy atom. The van der Waals surface area contributed by atoms with Gasteiger partial charge in [0.2, 0.25) is 0 Å². The molecule has 5 heteroatoms. The van der Waals surface area contributed by atoms with Gasteiger partial charge in [-0.1, -0.05) is 43.1 Å². The number of hydrogen-bond donors (Lipinski definition) is 1. The number of halogens is 1. The first-order chi connectivity index (χ1) is 14.4. The number of nitrogens with two attached hydrogens (primary N) is 1. The van der Waals surface area contributed by atoms with E-state index in [1.165, 1.54) is 0 Å². The standard InChI is InChI=1S/C25H29ClN2O2/c1-5-6-10-21-24(19-11-12-22(30-4)16(2)13-19)23(25(27)29)17(3)28(21)15-18-8-7-9-20(26)14-18/h7-9,11-14H,5-6,10,15H2,1-4H3,(H2,27,29). The number of aromatic nitrogens is 1. The second kappa shape index (κ2) is 9.40. The third-order valence-electron chi connectivity index (χ3n) is 5.56. The van der Waals surface area contributed by atoms with Crippen molar-refractivity contribution in [2.75, 3.05) is 7.11 Å². The van der Waals surface area contributed by atoms with Gasteiger partial charge in [0.05, 0.1) is 12.7 Å². The summed E-state index contributed by atoms with van der Waals surface area (Å²) in [7, 11) is 1.66. The molecule has 1 amide bonds. The highest BCUT2D eigenvalue weighted by atomic mass is 35.5. The van der Waals surface area contributed by atoms with E-state index in [9.17, 15) is 4.79 Å². The first-order valence-corrected chi connectivity index (χ1v) is 10.7. The van der Waals surface area contributed by atoms with Crippen LogP contribution in [0.4, 0.5) is 0 Å². The minimum absolute atomic E-state index is 0.404. The summed E-state index contributed by atoms with van der Waals surface area (Å²) in [4.78, 5) is 12.5. The van der Waals surface area contributed by atoms with Gasteiger partial charge in [-0.2, -0.15) is 0 Å². The number of hydrogen-bond acceptors (Lipinski definition) is 2. The van der Waals surface area contributed by atoms with Crippen molar-refractivity contribution in [1.82, 2.24) is 4.57 Å². The zero-order valence-corrected chi connectivity index (χ0v) is 18.8. The number of benzene rings is 2. The number of amides is 1. The van der Waals surface area contributed by atoms with Gasteiger partial charge < -0.3 is 15.0 Å². The van der Waals surface area contributed by atoms with E-state index in [1.807, 2.05) is 44.2 Å². The average Bonchev–Trinajstić information content (AvgIpc) is 2.98. The van der Waals surface area contributed by atoms with E-state index in [-0.39, 0.29) is 0 Å². The molecule has 0 atom stereocenters. The van der Waals surface area contributed by atoms with Crippen LogP contribution in [0.15, 0.2) is 42.5 Å². The number of aryl methyl sites for hydroxylation is 1. The maximum Gasteiger partial charge on any atom is 0.251 e. The normalized spacial score (nSPS) is 11.0. The van der Waals surface area contributed by atoms with Crippen LogP contribution >= 0.6 is 11.6 Å². The predicted molar refractivity (Wildman–Crippen MR) is 124 cm³/mol. The van der Waals surface area contributed by atoms with Crippen LogP contribution < -0.4 is 10.5 Å². The number of primary amides is 1. The Labute approximate surface area is 183 Å². The van der Waals surface area contributed by atoms with E-state index >= 15 is 0 Å². The molecule has 3 rings (SSSR count). The Balaban J connectivity index is 2.23. The number of methoxy groups -OCH3 is 1. The fourth-order valence-electron chi connectivity index (χ4n) is 4.08. The molecule has 0 aliphatic rings. The van der Waals surface area contributed by atoms with Crippen molar-refractivity contribution in [2.45, 2.75) is 46.6 Å². The lowest BCUT2D eigenvalue weighted by atomic mass is 9.96. The summed E-state index contributed by atoms with van der Waals surface area (Å²) in [6.07, 6.45) is 2.96. The Hall–Kier alpha value is -2.72. The molecule has 0 unspecified atom stereocenters. The zero-order chi connectivity index (χ0) is 21.8. The summed E-state index contributed by atoms with van der Waals surface area (Å²) in [6.45, 7) is 6.79. The molecule has 0 aliphatic heterocycles. The molecule has 4 nitrogen and oxygen atoms in total. The fraction of sp³-hybridized carbons (Fsp3) is 0.320. The summed E-state index contributed by atoms with van der Waals surface area (Å²) in [5, 5.41) is 0.702. The van der Waals surface area contributed by atoms with Crippen molar-refractivity contribution in [1.29, 1.82) is 0 Å². The Bertz CT molecular complexity index is 1070. The molecule has 2 N–H and O–H groups in total. The van der Waals surface area contributed by atoms with Crippen LogP contribution in [0.5, 0.6) is 5.75 Å². The summed E-state index contributed by atoms with van der Waals surface area (Å²) in [6, 6.07) is 13.9. The number of ether oxygens (including phenoxy) is 1. The maximum absolute atomic E-state index is 12.5. The molecule has 3 aromatic rings. The van der Waals surface area contributed by atoms with E-state index in [0.717, 1.165) is 58.7 Å². The van der Waals surface area contributed by atoms with Crippen LogP contribution in [0.25, 0.3) is 11.1 Å². The predicted octanol–water partition coefficient (Wildman–Crippen LogP) is 5.92. The van der Waals surface area contributed by atoms with Gasteiger partial charge in [-0.15, -0.1) is 0 Å². The number of unbranched alkanes of at least 4 members (excludes halogenated alkanes) is 1. The van der Waals surface area contributed by atoms with Gasteiger partial charge in [0.1, 0.15) is 5.75 Å². The summed E-state index contributed by atoms with van der Waals surface area (Å²) >= 11 is 6.21. The molecule has 1 heterocycles. The highest BCUT2D eigenvalue weighted by Gasteiger charge is 2.25. The number of carbonyl (C=O) groups is 1. The quantitative estimate of drug-likeness (QED) is 0.487. The van der Waals surface area contributed by atoms with Gasteiger partial charge in [0, 0.05) is 28.5 Å².